The lowest BCUT2D eigenvalue weighted by molar-refractivity contribution is 0.579. The van der Waals surface area contributed by atoms with Crippen molar-refractivity contribution in [1.29, 1.82) is 0 Å². The molecule has 92 valence electrons. The van der Waals surface area contributed by atoms with E-state index in [0.29, 0.717) is 0 Å². The third-order valence-electron chi connectivity index (χ3n) is 3.21. The van der Waals surface area contributed by atoms with Gasteiger partial charge in [0.05, 0.1) is 0 Å². The van der Waals surface area contributed by atoms with E-state index in [1.807, 2.05) is 0 Å². The fourth-order valence-corrected chi connectivity index (χ4v) is 2.64. The molecule has 17 heavy (non-hydrogen) atoms. The average Bonchev–Trinajstić information content (AvgIpc) is 2.77. The van der Waals surface area contributed by atoms with Gasteiger partial charge in [0, 0.05) is 23.6 Å². The maximum atomic E-state index is 3.47. The van der Waals surface area contributed by atoms with Crippen LogP contribution in [-0.4, -0.2) is 9.90 Å². The number of fused-ring (bicyclic) bond motifs is 1. The number of para-hydroxylation sites is 1. The van der Waals surface area contributed by atoms with Gasteiger partial charge in [-0.25, -0.2) is 0 Å². The van der Waals surface area contributed by atoms with Crippen LogP contribution in [-0.2, 0) is 6.54 Å². The van der Waals surface area contributed by atoms with E-state index in [0.717, 1.165) is 11.9 Å². The molecule has 0 bridgehead atoms. The molecule has 1 aromatic carbocycles. The van der Waals surface area contributed by atoms with Crippen LogP contribution >= 0.6 is 15.9 Å². The van der Waals surface area contributed by atoms with Crippen LogP contribution in [0.5, 0.6) is 0 Å². The lowest BCUT2D eigenvalue weighted by atomic mass is 10.1. The van der Waals surface area contributed by atoms with Gasteiger partial charge in [-0.1, -0.05) is 53.4 Å². The molecular weight excluding hydrogens is 274 g/mol. The summed E-state index contributed by atoms with van der Waals surface area (Å²) in [4.78, 5) is 0. The first kappa shape index (κ1) is 12.7. The second-order valence-corrected chi connectivity index (χ2v) is 5.32. The van der Waals surface area contributed by atoms with Gasteiger partial charge in [0.15, 0.2) is 0 Å². The Kier molecular flexibility index (Phi) is 5.11. The van der Waals surface area contributed by atoms with Gasteiger partial charge in [-0.15, -0.1) is 0 Å². The Morgan fingerprint density at radius 1 is 0.882 bits per heavy atom. The van der Waals surface area contributed by atoms with Crippen LogP contribution in [0.4, 0.5) is 0 Å². The van der Waals surface area contributed by atoms with Crippen LogP contribution in [0.3, 0.4) is 0 Å². The smallest absolute Gasteiger partial charge is 0.0480 e. The zero-order chi connectivity index (χ0) is 11.9. The predicted octanol–water partition coefficient (Wildman–Crippen LogP) is 4.99. The summed E-state index contributed by atoms with van der Waals surface area (Å²) in [5.41, 5.74) is 1.37. The first-order valence-corrected chi connectivity index (χ1v) is 7.64. The quantitative estimate of drug-likeness (QED) is 0.501. The summed E-state index contributed by atoms with van der Waals surface area (Å²) in [5.74, 6) is 0. The largest absolute Gasteiger partial charge is 0.347 e. The van der Waals surface area contributed by atoms with Gasteiger partial charge in [-0.2, -0.15) is 0 Å². The third-order valence-corrected chi connectivity index (χ3v) is 3.77. The molecule has 0 unspecified atom stereocenters. The molecule has 1 aromatic heterocycles. The molecule has 0 aliphatic heterocycles. The molecule has 1 nitrogen and oxygen atoms in total. The highest BCUT2D eigenvalue weighted by Crippen LogP contribution is 2.16. The van der Waals surface area contributed by atoms with Gasteiger partial charge >= 0.3 is 0 Å². The van der Waals surface area contributed by atoms with Crippen molar-refractivity contribution in [3.05, 3.63) is 36.5 Å². The zero-order valence-electron chi connectivity index (χ0n) is 10.2. The molecular formula is C15H20BrN. The summed E-state index contributed by atoms with van der Waals surface area (Å²) in [6.07, 6.45) is 8.89. The molecule has 0 radical (unpaired) electrons. The molecule has 0 saturated heterocycles. The minimum Gasteiger partial charge on any atom is -0.347 e. The highest BCUT2D eigenvalue weighted by Gasteiger charge is 1.99. The number of aromatic nitrogens is 1. The van der Waals surface area contributed by atoms with Gasteiger partial charge in [0.1, 0.15) is 0 Å². The van der Waals surface area contributed by atoms with Crippen LogP contribution in [0.25, 0.3) is 10.9 Å². The van der Waals surface area contributed by atoms with Crippen LogP contribution in [0, 0.1) is 0 Å². The van der Waals surface area contributed by atoms with Gasteiger partial charge < -0.3 is 4.57 Å². The van der Waals surface area contributed by atoms with Crippen LogP contribution in [0.1, 0.15) is 32.1 Å². The van der Waals surface area contributed by atoms with Gasteiger partial charge in [0.25, 0.3) is 0 Å². The number of rotatable bonds is 7. The maximum Gasteiger partial charge on any atom is 0.0480 e. The van der Waals surface area contributed by atoms with E-state index in [1.165, 1.54) is 43.0 Å². The molecule has 0 N–H and O–H groups in total. The van der Waals surface area contributed by atoms with Crippen molar-refractivity contribution in [2.45, 2.75) is 38.6 Å². The normalized spacial score (nSPS) is 11.1. The SMILES string of the molecule is BrCCCCCCCn1ccc2ccccc21. The fraction of sp³-hybridized carbons (Fsp3) is 0.467. The number of hydrogen-bond acceptors (Lipinski definition) is 0. The van der Waals surface area contributed by atoms with Gasteiger partial charge in [-0.05, 0) is 30.4 Å². The molecule has 0 saturated carbocycles. The summed E-state index contributed by atoms with van der Waals surface area (Å²) in [6.45, 7) is 1.15. The predicted molar refractivity (Wildman–Crippen MR) is 78.8 cm³/mol. The Bertz CT molecular complexity index is 447. The molecule has 2 rings (SSSR count). The maximum absolute atomic E-state index is 3.47. The second-order valence-electron chi connectivity index (χ2n) is 4.52. The fourth-order valence-electron chi connectivity index (χ4n) is 2.24. The van der Waals surface area contributed by atoms with Crippen molar-refractivity contribution < 1.29 is 0 Å². The zero-order valence-corrected chi connectivity index (χ0v) is 11.8. The number of unbranched alkanes of at least 4 members (excludes halogenated alkanes) is 4. The van der Waals surface area contributed by atoms with Crippen LogP contribution < -0.4 is 0 Å². The van der Waals surface area contributed by atoms with Crippen molar-refractivity contribution in [3.8, 4) is 0 Å². The number of hydrogen-bond donors (Lipinski definition) is 0. The van der Waals surface area contributed by atoms with E-state index in [1.54, 1.807) is 0 Å². The number of nitrogens with zero attached hydrogens (tertiary/aromatic N) is 1. The lowest BCUT2D eigenvalue weighted by Gasteiger charge is -2.05. The van der Waals surface area contributed by atoms with Crippen molar-refractivity contribution in [3.63, 3.8) is 0 Å². The Hall–Kier alpha value is -0.760. The minimum absolute atomic E-state index is 1.15. The molecule has 0 aliphatic carbocycles. The molecule has 0 spiro atoms. The van der Waals surface area contributed by atoms with Crippen LogP contribution in [0.15, 0.2) is 36.5 Å². The van der Waals surface area contributed by atoms with Crippen molar-refractivity contribution in [2.24, 2.45) is 0 Å². The van der Waals surface area contributed by atoms with Gasteiger partial charge in [-0.3, -0.25) is 0 Å². The summed E-state index contributed by atoms with van der Waals surface area (Å²) >= 11 is 3.47. The number of alkyl halides is 1. The van der Waals surface area contributed by atoms with Crippen molar-refractivity contribution in [2.75, 3.05) is 5.33 Å². The molecule has 0 atom stereocenters. The monoisotopic (exact) mass is 293 g/mol. The second kappa shape index (κ2) is 6.85. The van der Waals surface area contributed by atoms with Crippen molar-refractivity contribution >= 4 is 26.8 Å². The van der Waals surface area contributed by atoms with E-state index in [4.69, 9.17) is 0 Å². The lowest BCUT2D eigenvalue weighted by Crippen LogP contribution is -1.95. The third kappa shape index (κ3) is 3.60. The van der Waals surface area contributed by atoms with Crippen molar-refractivity contribution in [1.82, 2.24) is 4.57 Å². The Balaban J connectivity index is 1.79. The Labute approximate surface area is 112 Å². The highest BCUT2D eigenvalue weighted by atomic mass is 79.9. The summed E-state index contributed by atoms with van der Waals surface area (Å²) in [6, 6.07) is 10.8. The first-order chi connectivity index (χ1) is 8.42. The highest BCUT2D eigenvalue weighted by molar-refractivity contribution is 9.09. The summed E-state index contributed by atoms with van der Waals surface area (Å²) < 4.78 is 2.37. The van der Waals surface area contributed by atoms with Gasteiger partial charge in [0.2, 0.25) is 0 Å². The minimum atomic E-state index is 1.15. The molecule has 2 aromatic rings. The van der Waals surface area contributed by atoms with E-state index < -0.39 is 0 Å². The van der Waals surface area contributed by atoms with E-state index in [-0.39, 0.29) is 0 Å². The van der Waals surface area contributed by atoms with E-state index in [2.05, 4.69) is 57.0 Å². The van der Waals surface area contributed by atoms with E-state index in [9.17, 15) is 0 Å². The topological polar surface area (TPSA) is 4.93 Å². The molecule has 0 amide bonds. The molecule has 0 aliphatic rings. The first-order valence-electron chi connectivity index (χ1n) is 6.51. The number of benzene rings is 1. The average molecular weight is 294 g/mol. The molecule has 2 heteroatoms. The molecule has 0 fully saturated rings. The Morgan fingerprint density at radius 3 is 2.53 bits per heavy atom. The molecule has 1 heterocycles. The number of halogens is 1. The van der Waals surface area contributed by atoms with Crippen LogP contribution in [0.2, 0.25) is 0 Å². The summed E-state index contributed by atoms with van der Waals surface area (Å²) in [7, 11) is 0. The standard InChI is InChI=1S/C15H20BrN/c16-11-6-2-1-3-7-12-17-13-10-14-8-4-5-9-15(14)17/h4-5,8-10,13H,1-3,6-7,11-12H2. The summed E-state index contributed by atoms with van der Waals surface area (Å²) in [5, 5.41) is 2.50. The van der Waals surface area contributed by atoms with E-state index >= 15 is 0 Å². The number of aryl methyl sites for hydroxylation is 1. The Morgan fingerprint density at radius 2 is 1.65 bits per heavy atom.